The van der Waals surface area contributed by atoms with Crippen LogP contribution in [-0.4, -0.2) is 50.5 Å². The molecule has 1 N–H and O–H groups in total. The van der Waals surface area contributed by atoms with E-state index >= 15 is 0 Å². The van der Waals surface area contributed by atoms with Crippen molar-refractivity contribution in [3.63, 3.8) is 0 Å². The van der Waals surface area contributed by atoms with Gasteiger partial charge in [-0.05, 0) is 36.8 Å². The third-order valence-electron chi connectivity index (χ3n) is 5.18. The second-order valence-electron chi connectivity index (χ2n) is 7.40. The van der Waals surface area contributed by atoms with Crippen molar-refractivity contribution in [2.24, 2.45) is 0 Å². The van der Waals surface area contributed by atoms with Gasteiger partial charge in [0.1, 0.15) is 5.25 Å². The summed E-state index contributed by atoms with van der Waals surface area (Å²) in [6.45, 7) is 3.33. The molecule has 1 heterocycles. The molecule has 2 aromatic rings. The van der Waals surface area contributed by atoms with Gasteiger partial charge >= 0.3 is 12.1 Å². The molecule has 1 unspecified atom stereocenters. The van der Waals surface area contributed by atoms with Crippen LogP contribution in [0.4, 0.5) is 18.9 Å². The van der Waals surface area contributed by atoms with Gasteiger partial charge < -0.3 is 19.7 Å². The minimum absolute atomic E-state index is 0.0269. The average Bonchev–Trinajstić information content (AvgIpc) is 2.82. The lowest BCUT2D eigenvalue weighted by molar-refractivity contribution is -0.140. The Morgan fingerprint density at radius 1 is 1.18 bits per heavy atom. The average molecular weight is 483 g/mol. The number of carbonyl (C=O) groups excluding carboxylic acids is 2. The van der Waals surface area contributed by atoms with Crippen LogP contribution < -0.4 is 10.2 Å². The molecule has 6 nitrogen and oxygen atoms in total. The lowest BCUT2D eigenvalue weighted by Gasteiger charge is -2.29. The van der Waals surface area contributed by atoms with E-state index in [4.69, 9.17) is 9.47 Å². The summed E-state index contributed by atoms with van der Waals surface area (Å²) in [5.41, 5.74) is -0.0642. The van der Waals surface area contributed by atoms with Crippen LogP contribution in [0.5, 0.6) is 0 Å². The quantitative estimate of drug-likeness (QED) is 0.473. The van der Waals surface area contributed by atoms with Crippen molar-refractivity contribution in [1.29, 1.82) is 0 Å². The minimum Gasteiger partial charge on any atom is -0.468 e. The fourth-order valence-corrected chi connectivity index (χ4v) is 4.45. The Bertz CT molecular complexity index is 994. The Morgan fingerprint density at radius 2 is 1.88 bits per heavy atom. The van der Waals surface area contributed by atoms with Crippen molar-refractivity contribution >= 4 is 29.3 Å². The van der Waals surface area contributed by atoms with E-state index < -0.39 is 28.9 Å². The predicted octanol–water partition coefficient (Wildman–Crippen LogP) is 4.13. The number of amides is 1. The second-order valence-corrected chi connectivity index (χ2v) is 8.78. The van der Waals surface area contributed by atoms with E-state index in [0.717, 1.165) is 17.8 Å². The summed E-state index contributed by atoms with van der Waals surface area (Å²) in [6, 6.07) is 10.8. The molecule has 0 aliphatic carbocycles. The van der Waals surface area contributed by atoms with E-state index in [9.17, 15) is 22.8 Å². The van der Waals surface area contributed by atoms with Crippen molar-refractivity contribution in [2.75, 3.05) is 38.3 Å². The molecular formula is C23H25F3N2O4S. The molecule has 1 saturated heterocycles. The molecular weight excluding hydrogens is 457 g/mol. The summed E-state index contributed by atoms with van der Waals surface area (Å²) in [7, 11) is 1.28. The fourth-order valence-electron chi connectivity index (χ4n) is 3.43. The smallest absolute Gasteiger partial charge is 0.416 e. The number of methoxy groups -OCH3 is 1. The number of ether oxygens (including phenoxy) is 2. The molecule has 0 aromatic heterocycles. The monoisotopic (exact) mass is 482 g/mol. The number of hydrogen-bond acceptors (Lipinski definition) is 6. The third kappa shape index (κ3) is 6.42. The van der Waals surface area contributed by atoms with Crippen molar-refractivity contribution in [3.8, 4) is 0 Å². The van der Waals surface area contributed by atoms with Gasteiger partial charge in [-0.1, -0.05) is 18.2 Å². The molecule has 0 radical (unpaired) electrons. The van der Waals surface area contributed by atoms with E-state index in [-0.39, 0.29) is 17.7 Å². The summed E-state index contributed by atoms with van der Waals surface area (Å²) >= 11 is 1.15. The number of hydrogen-bond donors (Lipinski definition) is 1. The minimum atomic E-state index is -4.56. The lowest BCUT2D eigenvalue weighted by atomic mass is 10.0. The molecule has 1 atom stereocenters. The second kappa shape index (κ2) is 10.9. The molecule has 0 spiro atoms. The number of thioether (sulfide) groups is 1. The highest BCUT2D eigenvalue weighted by Crippen LogP contribution is 2.35. The molecule has 2 aromatic carbocycles. The first-order chi connectivity index (χ1) is 15.7. The summed E-state index contributed by atoms with van der Waals surface area (Å²) in [5, 5.41) is 2.03. The van der Waals surface area contributed by atoms with Crippen LogP contribution in [0.3, 0.4) is 0 Å². The van der Waals surface area contributed by atoms with Crippen molar-refractivity contribution < 1.29 is 32.2 Å². The summed E-state index contributed by atoms with van der Waals surface area (Å²) in [5.74, 6) is -0.967. The lowest BCUT2D eigenvalue weighted by Crippen LogP contribution is -2.36. The number of anilines is 1. The molecule has 3 rings (SSSR count). The molecule has 1 fully saturated rings. The number of esters is 1. The van der Waals surface area contributed by atoms with Crippen LogP contribution in [0.15, 0.2) is 47.4 Å². The molecule has 33 heavy (non-hydrogen) atoms. The predicted molar refractivity (Wildman–Crippen MR) is 119 cm³/mol. The van der Waals surface area contributed by atoms with E-state index in [1.807, 2.05) is 4.90 Å². The summed E-state index contributed by atoms with van der Waals surface area (Å²) in [4.78, 5) is 26.9. The Morgan fingerprint density at radius 3 is 2.55 bits per heavy atom. The highest BCUT2D eigenvalue weighted by atomic mass is 32.2. The zero-order valence-electron chi connectivity index (χ0n) is 18.3. The maximum absolute atomic E-state index is 13.8. The number of nitrogens with one attached hydrogen (secondary N) is 1. The number of benzene rings is 2. The van der Waals surface area contributed by atoms with Crippen LogP contribution in [0.25, 0.3) is 0 Å². The van der Waals surface area contributed by atoms with Crippen molar-refractivity contribution in [3.05, 3.63) is 59.2 Å². The maximum atomic E-state index is 13.8. The standard InChI is InChI=1S/C23H25F3N2O4S/c1-15(22(30)31-2)33-20-6-4-3-5-18(20)21(29)27-14-16-7-8-17(13-19(16)23(24,25)26)28-9-11-32-12-10-28/h3-8,13,15H,9-12,14H2,1-2H3,(H,27,29). The number of rotatable bonds is 7. The number of halogens is 3. The zero-order valence-corrected chi connectivity index (χ0v) is 19.1. The Hall–Kier alpha value is -2.72. The van der Waals surface area contributed by atoms with Gasteiger partial charge in [0.05, 0.1) is 31.5 Å². The van der Waals surface area contributed by atoms with E-state index in [0.29, 0.717) is 36.9 Å². The van der Waals surface area contributed by atoms with E-state index in [1.165, 1.54) is 13.2 Å². The first-order valence-corrected chi connectivity index (χ1v) is 11.2. The Balaban J connectivity index is 1.77. The Labute approximate surface area is 194 Å². The normalized spacial score (nSPS) is 15.1. The number of carbonyl (C=O) groups is 2. The highest BCUT2D eigenvalue weighted by molar-refractivity contribution is 8.00. The zero-order chi connectivity index (χ0) is 24.0. The van der Waals surface area contributed by atoms with E-state index in [1.54, 1.807) is 37.3 Å². The van der Waals surface area contributed by atoms with Gasteiger partial charge in [0.2, 0.25) is 0 Å². The fraction of sp³-hybridized carbons (Fsp3) is 0.391. The molecule has 0 saturated carbocycles. The number of nitrogens with zero attached hydrogens (tertiary/aromatic N) is 1. The highest BCUT2D eigenvalue weighted by Gasteiger charge is 2.34. The molecule has 178 valence electrons. The summed E-state index contributed by atoms with van der Waals surface area (Å²) in [6.07, 6.45) is -4.56. The molecule has 1 aliphatic rings. The van der Waals surface area contributed by atoms with Crippen molar-refractivity contribution in [2.45, 2.75) is 29.8 Å². The number of alkyl halides is 3. The van der Waals surface area contributed by atoms with Gasteiger partial charge in [-0.2, -0.15) is 13.2 Å². The largest absolute Gasteiger partial charge is 0.468 e. The van der Waals surface area contributed by atoms with Gasteiger partial charge in [0.15, 0.2) is 0 Å². The molecule has 1 amide bonds. The molecule has 10 heteroatoms. The van der Waals surface area contributed by atoms with Crippen LogP contribution >= 0.6 is 11.8 Å². The van der Waals surface area contributed by atoms with Gasteiger partial charge in [-0.3, -0.25) is 9.59 Å². The van der Waals surface area contributed by atoms with Crippen LogP contribution in [0, 0.1) is 0 Å². The summed E-state index contributed by atoms with van der Waals surface area (Å²) < 4.78 is 51.2. The van der Waals surface area contributed by atoms with Gasteiger partial charge in [0.25, 0.3) is 5.91 Å². The first kappa shape index (κ1) is 24.9. The molecule has 1 aliphatic heterocycles. The van der Waals surface area contributed by atoms with Crippen LogP contribution in [0.2, 0.25) is 0 Å². The van der Waals surface area contributed by atoms with Crippen LogP contribution in [0.1, 0.15) is 28.4 Å². The van der Waals surface area contributed by atoms with Crippen LogP contribution in [-0.2, 0) is 27.0 Å². The Kier molecular flexibility index (Phi) is 8.25. The van der Waals surface area contributed by atoms with Gasteiger partial charge in [-0.15, -0.1) is 11.8 Å². The topological polar surface area (TPSA) is 67.9 Å². The number of morpholine rings is 1. The third-order valence-corrected chi connectivity index (χ3v) is 6.34. The maximum Gasteiger partial charge on any atom is 0.416 e. The van der Waals surface area contributed by atoms with E-state index in [2.05, 4.69) is 5.32 Å². The molecule has 0 bridgehead atoms. The SMILES string of the molecule is COC(=O)C(C)Sc1ccccc1C(=O)NCc1ccc(N2CCOCC2)cc1C(F)(F)F. The van der Waals surface area contributed by atoms with Gasteiger partial charge in [-0.25, -0.2) is 0 Å². The van der Waals surface area contributed by atoms with Crippen molar-refractivity contribution in [1.82, 2.24) is 5.32 Å². The van der Waals surface area contributed by atoms with Gasteiger partial charge in [0, 0.05) is 30.2 Å². The first-order valence-electron chi connectivity index (χ1n) is 10.3.